The first kappa shape index (κ1) is 15.7. The Morgan fingerprint density at radius 3 is 2.61 bits per heavy atom. The van der Waals surface area contributed by atoms with Gasteiger partial charge in [-0.05, 0) is 37.0 Å². The normalized spacial score (nSPS) is 13.6. The highest BCUT2D eigenvalue weighted by atomic mass is 79.9. The second-order valence-electron chi connectivity index (χ2n) is 4.51. The molecular formula is C13H20BrNO2S. The van der Waals surface area contributed by atoms with Crippen LogP contribution in [0.25, 0.3) is 0 Å². The molecule has 0 aliphatic carbocycles. The van der Waals surface area contributed by atoms with Crippen molar-refractivity contribution >= 4 is 25.8 Å². The second kappa shape index (κ2) is 6.68. The molecule has 5 heteroatoms. The summed E-state index contributed by atoms with van der Waals surface area (Å²) in [5.74, 6) is 0.428. The Balaban J connectivity index is 2.58. The maximum absolute atomic E-state index is 11.4. The maximum Gasteiger partial charge on any atom is 0.150 e. The molecule has 0 fully saturated rings. The molecule has 0 aliphatic rings. The SMILES string of the molecule is CCS(=O)(=O)CCCC(N)c1ccc(C)cc1Br. The Morgan fingerprint density at radius 2 is 2.06 bits per heavy atom. The number of hydrogen-bond acceptors (Lipinski definition) is 3. The molecule has 0 aromatic heterocycles. The van der Waals surface area contributed by atoms with Gasteiger partial charge in [-0.2, -0.15) is 0 Å². The second-order valence-corrected chi connectivity index (χ2v) is 7.84. The van der Waals surface area contributed by atoms with Gasteiger partial charge in [0.25, 0.3) is 0 Å². The summed E-state index contributed by atoms with van der Waals surface area (Å²) in [6, 6.07) is 5.92. The number of halogens is 1. The van der Waals surface area contributed by atoms with Crippen molar-refractivity contribution in [3.8, 4) is 0 Å². The van der Waals surface area contributed by atoms with Gasteiger partial charge in [-0.15, -0.1) is 0 Å². The molecular weight excluding hydrogens is 314 g/mol. The van der Waals surface area contributed by atoms with E-state index in [-0.39, 0.29) is 17.5 Å². The van der Waals surface area contributed by atoms with Crippen molar-refractivity contribution in [2.75, 3.05) is 11.5 Å². The molecule has 18 heavy (non-hydrogen) atoms. The highest BCUT2D eigenvalue weighted by Gasteiger charge is 2.12. The monoisotopic (exact) mass is 333 g/mol. The van der Waals surface area contributed by atoms with Gasteiger partial charge in [0.2, 0.25) is 0 Å². The third-order valence-electron chi connectivity index (χ3n) is 2.97. The molecule has 0 saturated heterocycles. The fourth-order valence-electron chi connectivity index (χ4n) is 1.76. The number of nitrogens with two attached hydrogens (primary N) is 1. The van der Waals surface area contributed by atoms with Crippen LogP contribution in [0.5, 0.6) is 0 Å². The number of benzene rings is 1. The Morgan fingerprint density at radius 1 is 1.39 bits per heavy atom. The summed E-state index contributed by atoms with van der Waals surface area (Å²) < 4.78 is 23.8. The molecule has 102 valence electrons. The van der Waals surface area contributed by atoms with Crippen LogP contribution in [0.1, 0.15) is 36.9 Å². The number of aryl methyl sites for hydroxylation is 1. The van der Waals surface area contributed by atoms with Crippen molar-refractivity contribution in [2.45, 2.75) is 32.7 Å². The first-order chi connectivity index (χ1) is 8.35. The molecule has 0 spiro atoms. The van der Waals surface area contributed by atoms with Gasteiger partial charge in [-0.25, -0.2) is 8.42 Å². The molecule has 1 unspecified atom stereocenters. The summed E-state index contributed by atoms with van der Waals surface area (Å²) in [7, 11) is -2.88. The lowest BCUT2D eigenvalue weighted by molar-refractivity contribution is 0.583. The van der Waals surface area contributed by atoms with Crippen LogP contribution in [0.3, 0.4) is 0 Å². The first-order valence-electron chi connectivity index (χ1n) is 6.08. The van der Waals surface area contributed by atoms with Crippen molar-refractivity contribution < 1.29 is 8.42 Å². The van der Waals surface area contributed by atoms with Crippen LogP contribution in [0.4, 0.5) is 0 Å². The van der Waals surface area contributed by atoms with Gasteiger partial charge in [-0.3, -0.25) is 0 Å². The zero-order valence-corrected chi connectivity index (χ0v) is 13.2. The van der Waals surface area contributed by atoms with E-state index in [0.717, 1.165) is 10.0 Å². The molecule has 1 atom stereocenters. The summed E-state index contributed by atoms with van der Waals surface area (Å²) in [6.45, 7) is 3.69. The minimum atomic E-state index is -2.88. The van der Waals surface area contributed by atoms with Crippen molar-refractivity contribution in [3.05, 3.63) is 33.8 Å². The summed E-state index contributed by atoms with van der Waals surface area (Å²) in [4.78, 5) is 0. The van der Waals surface area contributed by atoms with E-state index in [9.17, 15) is 8.42 Å². The summed E-state index contributed by atoms with van der Waals surface area (Å²) in [5.41, 5.74) is 8.30. The minimum absolute atomic E-state index is 0.118. The predicted molar refractivity (Wildman–Crippen MR) is 79.4 cm³/mol. The standard InChI is InChI=1S/C13H20BrNO2S/c1-3-18(16,17)8-4-5-13(15)11-7-6-10(2)9-12(11)14/h6-7,9,13H,3-5,8,15H2,1-2H3. The van der Waals surface area contributed by atoms with E-state index in [1.807, 2.05) is 25.1 Å². The fourth-order valence-corrected chi connectivity index (χ4v) is 3.44. The van der Waals surface area contributed by atoms with Crippen LogP contribution in [0.2, 0.25) is 0 Å². The summed E-state index contributed by atoms with van der Waals surface area (Å²) in [5, 5.41) is 0. The molecule has 3 nitrogen and oxygen atoms in total. The average molecular weight is 334 g/mol. The van der Waals surface area contributed by atoms with E-state index in [1.54, 1.807) is 6.92 Å². The van der Waals surface area contributed by atoms with Gasteiger partial charge in [0.05, 0.1) is 5.75 Å². The van der Waals surface area contributed by atoms with Crippen molar-refractivity contribution in [3.63, 3.8) is 0 Å². The lowest BCUT2D eigenvalue weighted by Crippen LogP contribution is -2.14. The van der Waals surface area contributed by atoms with E-state index in [2.05, 4.69) is 15.9 Å². The van der Waals surface area contributed by atoms with Gasteiger partial charge in [0, 0.05) is 16.3 Å². The molecule has 1 rings (SSSR count). The molecule has 0 saturated carbocycles. The van der Waals surface area contributed by atoms with Gasteiger partial charge in [0.15, 0.2) is 0 Å². The fraction of sp³-hybridized carbons (Fsp3) is 0.538. The largest absolute Gasteiger partial charge is 0.324 e. The molecule has 0 radical (unpaired) electrons. The highest BCUT2D eigenvalue weighted by Crippen LogP contribution is 2.26. The summed E-state index contributed by atoms with van der Waals surface area (Å²) in [6.07, 6.45) is 1.29. The van der Waals surface area contributed by atoms with E-state index >= 15 is 0 Å². The van der Waals surface area contributed by atoms with Crippen LogP contribution in [0.15, 0.2) is 22.7 Å². The molecule has 0 aliphatic heterocycles. The quantitative estimate of drug-likeness (QED) is 0.870. The topological polar surface area (TPSA) is 60.2 Å². The van der Waals surface area contributed by atoms with E-state index in [0.29, 0.717) is 12.8 Å². The Hall–Kier alpha value is -0.390. The zero-order valence-electron chi connectivity index (χ0n) is 10.8. The van der Waals surface area contributed by atoms with E-state index in [1.165, 1.54) is 5.56 Å². The molecule has 2 N–H and O–H groups in total. The third kappa shape index (κ3) is 4.71. The molecule has 1 aromatic carbocycles. The lowest BCUT2D eigenvalue weighted by atomic mass is 10.0. The van der Waals surface area contributed by atoms with Crippen molar-refractivity contribution in [1.82, 2.24) is 0 Å². The van der Waals surface area contributed by atoms with Gasteiger partial charge >= 0.3 is 0 Å². The third-order valence-corrected chi connectivity index (χ3v) is 5.44. The number of hydrogen-bond donors (Lipinski definition) is 1. The van der Waals surface area contributed by atoms with Gasteiger partial charge in [0.1, 0.15) is 9.84 Å². The minimum Gasteiger partial charge on any atom is -0.324 e. The first-order valence-corrected chi connectivity index (χ1v) is 8.69. The number of sulfone groups is 1. The molecule has 1 aromatic rings. The molecule has 0 heterocycles. The van der Waals surface area contributed by atoms with Crippen LogP contribution >= 0.6 is 15.9 Å². The lowest BCUT2D eigenvalue weighted by Gasteiger charge is -2.14. The van der Waals surface area contributed by atoms with Crippen LogP contribution in [0, 0.1) is 6.92 Å². The Bertz CT molecular complexity index is 500. The van der Waals surface area contributed by atoms with Gasteiger partial charge < -0.3 is 5.73 Å². The van der Waals surface area contributed by atoms with Gasteiger partial charge in [-0.1, -0.05) is 35.0 Å². The van der Waals surface area contributed by atoms with Crippen molar-refractivity contribution in [1.29, 1.82) is 0 Å². The predicted octanol–water partition coefficient (Wildman–Crippen LogP) is 2.97. The van der Waals surface area contributed by atoms with E-state index < -0.39 is 9.84 Å². The van der Waals surface area contributed by atoms with Crippen LogP contribution < -0.4 is 5.73 Å². The molecule has 0 amide bonds. The smallest absolute Gasteiger partial charge is 0.150 e. The Kier molecular flexibility index (Phi) is 5.82. The Labute approximate surface area is 118 Å². The molecule has 0 bridgehead atoms. The highest BCUT2D eigenvalue weighted by molar-refractivity contribution is 9.10. The maximum atomic E-state index is 11.4. The van der Waals surface area contributed by atoms with Crippen LogP contribution in [-0.2, 0) is 9.84 Å². The summed E-state index contributed by atoms with van der Waals surface area (Å²) >= 11 is 3.49. The number of rotatable bonds is 6. The van der Waals surface area contributed by atoms with Crippen molar-refractivity contribution in [2.24, 2.45) is 5.73 Å². The zero-order chi connectivity index (χ0) is 13.8. The van der Waals surface area contributed by atoms with E-state index in [4.69, 9.17) is 5.73 Å². The van der Waals surface area contributed by atoms with Crippen LogP contribution in [-0.4, -0.2) is 19.9 Å². The average Bonchev–Trinajstić information content (AvgIpc) is 2.28.